The van der Waals surface area contributed by atoms with E-state index in [0.717, 1.165) is 99.8 Å². The third-order valence-electron chi connectivity index (χ3n) is 20.7. The van der Waals surface area contributed by atoms with Gasteiger partial charge >= 0.3 is 0 Å². The zero-order chi connectivity index (χ0) is 90.7. The number of nitrogen functional groups attached to an aromatic ring is 7. The highest BCUT2D eigenvalue weighted by Gasteiger charge is 2.24. The highest BCUT2D eigenvalue weighted by atomic mass is 19.1. The Morgan fingerprint density at radius 2 is 0.705 bits per heavy atom. The summed E-state index contributed by atoms with van der Waals surface area (Å²) in [6.07, 6.45) is 14.8. The molecule has 0 saturated heterocycles. The van der Waals surface area contributed by atoms with Gasteiger partial charge in [0.25, 0.3) is 0 Å². The number of aliphatic hydroxyl groups is 1. The fraction of sp³-hybridized carbons (Fsp3) is 0.141. The SMILES string of the molecule is Cc1ccc(-c2nn(C)c3ncnc(N)c23)cc1F.Cc1cccc(-c2nn(C)c3ncnc(N)c23)c1.Cn1nc(-c2ccc(F)c(O)c2)c2c(N)ncnc21.Cn1nc(-c2ccc3cn[nH]c3c2)c2c(N)ncnc21.Cn1nc(-c2cccc(F)c2)c2c(N)ncnc21.Cn1nc(-c2cccc3[nH]ncc23)c2c(N)ncnc21.Cn1nc(CCCO)c2c(N)ncnc21. The smallest absolute Gasteiger partial charge is 0.164 e. The average Bonchev–Trinajstić information content (AvgIpc) is 1.61. The van der Waals surface area contributed by atoms with E-state index in [1.54, 1.807) is 91.4 Å². The number of aromatic amines is 2. The standard InChI is InChI=1S/C13H12FN5.2C13H11N7.C13H13N5.C12H10FN5O.C12H10FN5.C9H13N5O/c1-7-3-4-8(5-9(7)14)11-10-12(15)16-6-17-13(10)19(2)18-11;1-20-13-10(12(14)15-6-16-13)11(19-20)7-2-3-8-5-17-18-9(8)4-7;1-20-13-10(12(14)15-6-16-13)11(19-20)7-3-2-4-9-8(7)5-17-18-9;1-8-4-3-5-9(6-8)11-10-12(14)15-7-16-13(10)18(2)17-11;1-18-12-9(11(14)15-5-16-12)10(17-18)6-2-3-7(13)8(19)4-6;1-18-12-9(11(14)15-6-16-12)10(17-18)7-3-2-4-8(13)5-7;1-14-9-7(8(10)11-5-12-9)6(13-14)3-2-4-15/h3-6H,1-2H3,(H2,15,16,17);2*2-6H,1H3,(H,17,18)(H2,14,15,16);3-7H,1-2H3,(H2,14,15,16);2-5,19H,1H3,(H2,14,15,16);2-6H,1H3,(H2,14,15,16);5,15H,2-4H2,1H3,(H2,10,11,12). The molecule has 44 heteroatoms. The minimum atomic E-state index is -0.687. The van der Waals surface area contributed by atoms with Crippen molar-refractivity contribution in [3.63, 3.8) is 0 Å². The van der Waals surface area contributed by atoms with E-state index >= 15 is 0 Å². The molecule has 0 saturated carbocycles. The summed E-state index contributed by atoms with van der Waals surface area (Å²) in [5, 5.41) is 70.1. The molecule has 0 aliphatic carbocycles. The molecule has 6 aromatic carbocycles. The van der Waals surface area contributed by atoms with Crippen molar-refractivity contribution in [3.8, 4) is 73.3 Å². The van der Waals surface area contributed by atoms with Gasteiger partial charge in [-0.25, -0.2) is 111 Å². The van der Waals surface area contributed by atoms with Gasteiger partial charge in [-0.05, 0) is 86.8 Å². The number of halogens is 3. The quantitative estimate of drug-likeness (QED) is 0.0640. The Hall–Kier alpha value is -17.7. The molecule has 0 aliphatic rings. The summed E-state index contributed by atoms with van der Waals surface area (Å²) in [7, 11) is 12.6. The van der Waals surface area contributed by atoms with Crippen LogP contribution in [0.15, 0.2) is 178 Å². The molecule has 18 N–H and O–H groups in total. The van der Waals surface area contributed by atoms with E-state index in [4.69, 9.17) is 45.2 Å². The van der Waals surface area contributed by atoms with Crippen molar-refractivity contribution in [1.82, 2.24) is 159 Å². The van der Waals surface area contributed by atoms with Crippen LogP contribution in [0.3, 0.4) is 0 Å². The molecule has 0 bridgehead atoms. The molecule has 129 heavy (non-hydrogen) atoms. The van der Waals surface area contributed by atoms with E-state index in [0.29, 0.717) is 126 Å². The third-order valence-corrected chi connectivity index (χ3v) is 20.7. The van der Waals surface area contributed by atoms with E-state index in [1.807, 2.05) is 82.8 Å². The number of rotatable bonds is 9. The largest absolute Gasteiger partial charge is 0.505 e. The number of hydrogen-bond acceptors (Lipinski definition) is 32. The average molecular weight is 1740 g/mol. The van der Waals surface area contributed by atoms with Crippen LogP contribution >= 0.6 is 0 Å². The maximum absolute atomic E-state index is 13.7. The second kappa shape index (κ2) is 35.6. The number of nitrogens with two attached hydrogens (primary N) is 7. The van der Waals surface area contributed by atoms with E-state index in [1.165, 1.54) is 86.3 Å². The lowest BCUT2D eigenvalue weighted by Gasteiger charge is -2.01. The maximum atomic E-state index is 13.7. The van der Waals surface area contributed by atoms with Crippen molar-refractivity contribution in [1.29, 1.82) is 0 Å². The van der Waals surface area contributed by atoms with Gasteiger partial charge < -0.3 is 50.3 Å². The Bertz CT molecular complexity index is 7700. The maximum Gasteiger partial charge on any atom is 0.164 e. The number of nitrogens with one attached hydrogen (secondary N) is 2. The minimum absolute atomic E-state index is 0.145. The zero-order valence-corrected chi connectivity index (χ0v) is 70.4. The summed E-state index contributed by atoms with van der Waals surface area (Å²) in [5.74, 6) is 1.03. The van der Waals surface area contributed by atoms with Crippen LogP contribution in [-0.2, 0) is 55.8 Å². The van der Waals surface area contributed by atoms with Gasteiger partial charge in [0.05, 0.1) is 66.8 Å². The van der Waals surface area contributed by atoms with Crippen molar-refractivity contribution in [2.45, 2.75) is 26.7 Å². The number of anilines is 7. The fourth-order valence-electron chi connectivity index (χ4n) is 14.6. The van der Waals surface area contributed by atoms with Crippen molar-refractivity contribution in [2.75, 3.05) is 46.7 Å². The summed E-state index contributed by atoms with van der Waals surface area (Å²) in [6, 6.07) is 35.2. The van der Waals surface area contributed by atoms with Crippen molar-refractivity contribution in [3.05, 3.63) is 212 Å². The Kier molecular flexibility index (Phi) is 23.4. The van der Waals surface area contributed by atoms with E-state index in [9.17, 15) is 18.3 Å². The second-order valence-corrected chi connectivity index (χ2v) is 29.3. The van der Waals surface area contributed by atoms with Gasteiger partial charge in [0.1, 0.15) is 131 Å². The number of aromatic hydroxyl groups is 1. The summed E-state index contributed by atoms with van der Waals surface area (Å²) < 4.78 is 51.6. The predicted molar refractivity (Wildman–Crippen MR) is 483 cm³/mol. The predicted octanol–water partition coefficient (Wildman–Crippen LogP) is 10.0. The third kappa shape index (κ3) is 16.8. The monoisotopic (exact) mass is 1740 g/mol. The number of fused-ring (bicyclic) bond motifs is 9. The molecule has 22 rings (SSSR count). The molecule has 16 aromatic heterocycles. The van der Waals surface area contributed by atoms with Crippen LogP contribution in [0.2, 0.25) is 0 Å². The van der Waals surface area contributed by atoms with Gasteiger partial charge in [-0.15, -0.1) is 0 Å². The molecular weight excluding hydrogens is 1660 g/mol. The molecule has 16 heterocycles. The molecule has 0 unspecified atom stereocenters. The number of benzene rings is 6. The zero-order valence-electron chi connectivity index (χ0n) is 70.4. The Labute approximate surface area is 726 Å². The van der Waals surface area contributed by atoms with Gasteiger partial charge in [-0.1, -0.05) is 72.3 Å². The summed E-state index contributed by atoms with van der Waals surface area (Å²) >= 11 is 0. The molecule has 0 fully saturated rings. The van der Waals surface area contributed by atoms with Gasteiger partial charge in [0, 0.05) is 100 Å². The lowest BCUT2D eigenvalue weighted by molar-refractivity contribution is 0.288. The van der Waals surface area contributed by atoms with Gasteiger partial charge in [0.2, 0.25) is 0 Å². The number of H-pyrrole nitrogens is 2. The van der Waals surface area contributed by atoms with E-state index in [-0.39, 0.29) is 24.1 Å². The number of aromatic nitrogens is 32. The molecule has 0 amide bonds. The Morgan fingerprint density at radius 3 is 1.15 bits per heavy atom. The first kappa shape index (κ1) is 84.8. The van der Waals surface area contributed by atoms with Crippen LogP contribution < -0.4 is 40.1 Å². The minimum Gasteiger partial charge on any atom is -0.505 e. The van der Waals surface area contributed by atoms with Gasteiger partial charge in [0.15, 0.2) is 51.1 Å². The second-order valence-electron chi connectivity index (χ2n) is 29.3. The highest BCUT2D eigenvalue weighted by Crippen LogP contribution is 2.39. The number of aryl methyl sites for hydroxylation is 10. The topological polar surface area (TPSA) is 585 Å². The van der Waals surface area contributed by atoms with Gasteiger partial charge in [-0.3, -0.25) is 14.9 Å². The number of aliphatic hydroxyl groups excluding tert-OH is 1. The normalized spacial score (nSPS) is 11.2. The molecule has 0 spiro atoms. The van der Waals surface area contributed by atoms with Crippen LogP contribution in [0.25, 0.3) is 167 Å². The van der Waals surface area contributed by atoms with Crippen LogP contribution in [0, 0.1) is 31.3 Å². The van der Waals surface area contributed by atoms with Crippen LogP contribution in [0.1, 0.15) is 23.2 Å². The molecule has 0 radical (unpaired) electrons. The molecule has 0 atom stereocenters. The first-order chi connectivity index (χ1) is 62.2. The van der Waals surface area contributed by atoms with Crippen LogP contribution in [0.5, 0.6) is 5.75 Å². The molecule has 0 aliphatic heterocycles. The van der Waals surface area contributed by atoms with Crippen molar-refractivity contribution >= 4 is 140 Å². The number of hydrogen-bond donors (Lipinski definition) is 11. The number of phenols is 1. The van der Waals surface area contributed by atoms with Crippen molar-refractivity contribution in [2.24, 2.45) is 49.3 Å². The Balaban J connectivity index is 0.000000111. The Morgan fingerprint density at radius 1 is 0.341 bits per heavy atom. The first-order valence-electron chi connectivity index (χ1n) is 39.3. The molecular formula is C85H80F3N39O2. The molecule has 41 nitrogen and oxygen atoms in total. The molecule has 648 valence electrons. The van der Waals surface area contributed by atoms with Crippen LogP contribution in [-0.4, -0.2) is 175 Å². The lowest BCUT2D eigenvalue weighted by atomic mass is 10.1. The fourth-order valence-corrected chi connectivity index (χ4v) is 14.6. The summed E-state index contributed by atoms with van der Waals surface area (Å²) in [5.41, 5.74) is 59.4. The van der Waals surface area contributed by atoms with Gasteiger partial charge in [-0.2, -0.15) is 45.9 Å². The first-order valence-corrected chi connectivity index (χ1v) is 39.3. The lowest BCUT2D eigenvalue weighted by Crippen LogP contribution is -1.95. The summed E-state index contributed by atoms with van der Waals surface area (Å²) in [6.45, 7) is 3.91. The number of phenolic OH excluding ortho intramolecular Hbond substituents is 1. The number of nitrogens with zero attached hydrogens (tertiary/aromatic N) is 30. The highest BCUT2D eigenvalue weighted by molar-refractivity contribution is 6.06. The van der Waals surface area contributed by atoms with E-state index < -0.39 is 11.6 Å². The van der Waals surface area contributed by atoms with E-state index in [2.05, 4.69) is 145 Å². The molecule has 22 aromatic rings. The summed E-state index contributed by atoms with van der Waals surface area (Å²) in [4.78, 5) is 57.1. The van der Waals surface area contributed by atoms with Crippen LogP contribution in [0.4, 0.5) is 53.9 Å². The van der Waals surface area contributed by atoms with Crippen molar-refractivity contribution < 1.29 is 23.4 Å².